The molecule has 2 fully saturated rings. The number of carbonyl (C=O) groups excluding carboxylic acids is 3. The molecule has 1 saturated heterocycles. The molecule has 3 atom stereocenters. The lowest BCUT2D eigenvalue weighted by atomic mass is 9.81. The van der Waals surface area contributed by atoms with Crippen molar-refractivity contribution < 1.29 is 14.4 Å². The van der Waals surface area contributed by atoms with Crippen LogP contribution in [0.25, 0.3) is 0 Å². The molecule has 1 aromatic rings. The van der Waals surface area contributed by atoms with Crippen LogP contribution in [0.2, 0.25) is 0 Å². The van der Waals surface area contributed by atoms with E-state index in [1.807, 2.05) is 18.2 Å². The molecule has 0 aromatic heterocycles. The van der Waals surface area contributed by atoms with Crippen LogP contribution in [0.1, 0.15) is 44.6 Å². The Labute approximate surface area is 148 Å². The first-order valence-corrected chi connectivity index (χ1v) is 9.28. The van der Waals surface area contributed by atoms with Gasteiger partial charge in [0.1, 0.15) is 6.04 Å². The minimum atomic E-state index is -0.720. The van der Waals surface area contributed by atoms with Crippen LogP contribution in [0.5, 0.6) is 0 Å². The lowest BCUT2D eigenvalue weighted by molar-refractivity contribution is -0.147. The number of imide groups is 1. The fraction of sp³-hybridized carbons (Fsp3) is 0.550. The minimum Gasteiger partial charge on any atom is -0.354 e. The first kappa shape index (κ1) is 17.6. The SMILES string of the molecule is CC(C(=O)NCCCc1ccccc1)N1C(=O)C2CCCCC2C1=O. The molecule has 5 nitrogen and oxygen atoms in total. The third kappa shape index (κ3) is 3.75. The van der Waals surface area contributed by atoms with Gasteiger partial charge in [0.25, 0.3) is 0 Å². The first-order chi connectivity index (χ1) is 12.1. The molecule has 1 N–H and O–H groups in total. The molecular weight excluding hydrogens is 316 g/mol. The van der Waals surface area contributed by atoms with Gasteiger partial charge in [0, 0.05) is 6.54 Å². The van der Waals surface area contributed by atoms with E-state index in [4.69, 9.17) is 0 Å². The fourth-order valence-corrected chi connectivity index (χ4v) is 3.98. The predicted molar refractivity (Wildman–Crippen MR) is 94.5 cm³/mol. The summed E-state index contributed by atoms with van der Waals surface area (Å²) in [4.78, 5) is 38.7. The van der Waals surface area contributed by atoms with Gasteiger partial charge in [0.05, 0.1) is 11.8 Å². The van der Waals surface area contributed by atoms with E-state index in [1.54, 1.807) is 6.92 Å². The predicted octanol–water partition coefficient (Wildman–Crippen LogP) is 2.30. The van der Waals surface area contributed by atoms with Gasteiger partial charge in [0.15, 0.2) is 0 Å². The molecule has 1 aliphatic heterocycles. The number of aryl methyl sites for hydroxylation is 1. The second kappa shape index (κ2) is 7.81. The number of benzene rings is 1. The third-order valence-corrected chi connectivity index (χ3v) is 5.43. The molecule has 0 spiro atoms. The zero-order chi connectivity index (χ0) is 17.8. The van der Waals surface area contributed by atoms with Gasteiger partial charge in [-0.15, -0.1) is 0 Å². The summed E-state index contributed by atoms with van der Waals surface area (Å²) in [7, 11) is 0. The third-order valence-electron chi connectivity index (χ3n) is 5.43. The van der Waals surface area contributed by atoms with Crippen molar-refractivity contribution in [3.8, 4) is 0 Å². The van der Waals surface area contributed by atoms with Crippen LogP contribution in [-0.4, -0.2) is 35.2 Å². The summed E-state index contributed by atoms with van der Waals surface area (Å²) in [6.07, 6.45) is 5.26. The van der Waals surface area contributed by atoms with E-state index < -0.39 is 6.04 Å². The van der Waals surface area contributed by atoms with Gasteiger partial charge in [-0.1, -0.05) is 43.2 Å². The Kier molecular flexibility index (Phi) is 5.51. The van der Waals surface area contributed by atoms with E-state index in [0.29, 0.717) is 6.54 Å². The van der Waals surface area contributed by atoms with Gasteiger partial charge in [0.2, 0.25) is 17.7 Å². The van der Waals surface area contributed by atoms with Crippen LogP contribution in [0.4, 0.5) is 0 Å². The minimum absolute atomic E-state index is 0.151. The molecule has 1 aromatic carbocycles. The Morgan fingerprint density at radius 2 is 1.72 bits per heavy atom. The average molecular weight is 342 g/mol. The number of nitrogens with one attached hydrogen (secondary N) is 1. The highest BCUT2D eigenvalue weighted by Crippen LogP contribution is 2.38. The normalized spacial score (nSPS) is 24.1. The zero-order valence-electron chi connectivity index (χ0n) is 14.7. The van der Waals surface area contributed by atoms with E-state index in [-0.39, 0.29) is 29.6 Å². The monoisotopic (exact) mass is 342 g/mol. The molecule has 1 saturated carbocycles. The van der Waals surface area contributed by atoms with Gasteiger partial charge >= 0.3 is 0 Å². The molecule has 2 aliphatic rings. The van der Waals surface area contributed by atoms with Crippen LogP contribution in [-0.2, 0) is 20.8 Å². The van der Waals surface area contributed by atoms with Crippen molar-refractivity contribution in [2.75, 3.05) is 6.54 Å². The number of hydrogen-bond acceptors (Lipinski definition) is 3. The van der Waals surface area contributed by atoms with Crippen molar-refractivity contribution in [3.63, 3.8) is 0 Å². The van der Waals surface area contributed by atoms with E-state index >= 15 is 0 Å². The van der Waals surface area contributed by atoms with Crippen LogP contribution >= 0.6 is 0 Å². The number of amides is 3. The fourth-order valence-electron chi connectivity index (χ4n) is 3.98. The lowest BCUT2D eigenvalue weighted by Gasteiger charge is -2.22. The summed E-state index contributed by atoms with van der Waals surface area (Å²) in [5.41, 5.74) is 1.23. The first-order valence-electron chi connectivity index (χ1n) is 9.28. The molecule has 5 heteroatoms. The molecule has 1 aliphatic carbocycles. The van der Waals surface area contributed by atoms with Crippen molar-refractivity contribution in [1.82, 2.24) is 10.2 Å². The van der Waals surface area contributed by atoms with Crippen LogP contribution in [0.15, 0.2) is 30.3 Å². The number of rotatable bonds is 6. The van der Waals surface area contributed by atoms with Crippen LogP contribution < -0.4 is 5.32 Å². The molecule has 3 rings (SSSR count). The molecule has 0 radical (unpaired) electrons. The topological polar surface area (TPSA) is 66.5 Å². The summed E-state index contributed by atoms with van der Waals surface area (Å²) in [5, 5.41) is 2.87. The second-order valence-electron chi connectivity index (χ2n) is 7.10. The molecule has 0 bridgehead atoms. The highest BCUT2D eigenvalue weighted by atomic mass is 16.2. The van der Waals surface area contributed by atoms with E-state index in [0.717, 1.165) is 38.5 Å². The molecule has 134 valence electrons. The summed E-state index contributed by atoms with van der Waals surface area (Å²) in [6.45, 7) is 2.20. The van der Waals surface area contributed by atoms with Gasteiger partial charge in [-0.3, -0.25) is 19.3 Å². The van der Waals surface area contributed by atoms with Gasteiger partial charge in [-0.25, -0.2) is 0 Å². The maximum absolute atomic E-state index is 12.5. The summed E-state index contributed by atoms with van der Waals surface area (Å²) in [5.74, 6) is -0.944. The molecule has 1 heterocycles. The Bertz CT molecular complexity index is 620. The molecule has 25 heavy (non-hydrogen) atoms. The van der Waals surface area contributed by atoms with Crippen molar-refractivity contribution in [3.05, 3.63) is 35.9 Å². The standard InChI is InChI=1S/C20H26N2O3/c1-14(18(23)21-13-7-10-15-8-3-2-4-9-15)22-19(24)16-11-5-6-12-17(16)20(22)25/h2-4,8-9,14,16-17H,5-7,10-13H2,1H3,(H,21,23). The molecule has 3 unspecified atom stereocenters. The van der Waals surface area contributed by atoms with Crippen LogP contribution in [0, 0.1) is 11.8 Å². The highest BCUT2D eigenvalue weighted by Gasteiger charge is 2.50. The smallest absolute Gasteiger partial charge is 0.243 e. The molecular formula is C20H26N2O3. The summed E-state index contributed by atoms with van der Waals surface area (Å²) < 4.78 is 0. The highest BCUT2D eigenvalue weighted by molar-refractivity contribution is 6.08. The van der Waals surface area contributed by atoms with Crippen molar-refractivity contribution in [1.29, 1.82) is 0 Å². The number of hydrogen-bond donors (Lipinski definition) is 1. The maximum atomic E-state index is 12.5. The Morgan fingerprint density at radius 1 is 1.12 bits per heavy atom. The van der Waals surface area contributed by atoms with E-state index in [9.17, 15) is 14.4 Å². The number of likely N-dealkylation sites (tertiary alicyclic amines) is 1. The van der Waals surface area contributed by atoms with E-state index in [2.05, 4.69) is 17.4 Å². The maximum Gasteiger partial charge on any atom is 0.243 e. The Balaban J connectivity index is 1.50. The van der Waals surface area contributed by atoms with Crippen molar-refractivity contribution in [2.45, 2.75) is 51.5 Å². The van der Waals surface area contributed by atoms with Crippen molar-refractivity contribution in [2.24, 2.45) is 11.8 Å². The van der Waals surface area contributed by atoms with Gasteiger partial charge < -0.3 is 5.32 Å². The Morgan fingerprint density at radius 3 is 2.32 bits per heavy atom. The quantitative estimate of drug-likeness (QED) is 0.637. The van der Waals surface area contributed by atoms with Gasteiger partial charge in [-0.2, -0.15) is 0 Å². The summed E-state index contributed by atoms with van der Waals surface area (Å²) >= 11 is 0. The van der Waals surface area contributed by atoms with Gasteiger partial charge in [-0.05, 0) is 38.2 Å². The largest absolute Gasteiger partial charge is 0.354 e. The summed E-state index contributed by atoms with van der Waals surface area (Å²) in [6, 6.07) is 9.39. The van der Waals surface area contributed by atoms with Crippen molar-refractivity contribution >= 4 is 17.7 Å². The lowest BCUT2D eigenvalue weighted by Crippen LogP contribution is -2.48. The Hall–Kier alpha value is -2.17. The zero-order valence-corrected chi connectivity index (χ0v) is 14.7. The second-order valence-corrected chi connectivity index (χ2v) is 7.10. The number of fused-ring (bicyclic) bond motifs is 1. The van der Waals surface area contributed by atoms with Crippen LogP contribution in [0.3, 0.4) is 0 Å². The number of carbonyl (C=O) groups is 3. The molecule has 3 amide bonds. The average Bonchev–Trinajstić information content (AvgIpc) is 2.90. The van der Waals surface area contributed by atoms with E-state index in [1.165, 1.54) is 10.5 Å². The number of nitrogens with zero attached hydrogens (tertiary/aromatic N) is 1.